The van der Waals surface area contributed by atoms with E-state index >= 15 is 0 Å². The van der Waals surface area contributed by atoms with Crippen molar-refractivity contribution in [2.75, 3.05) is 36.4 Å². The van der Waals surface area contributed by atoms with Crippen molar-refractivity contribution in [3.8, 4) is 0 Å². The van der Waals surface area contributed by atoms with Crippen molar-refractivity contribution in [1.82, 2.24) is 4.90 Å². The number of halogens is 2. The molecule has 6 nitrogen and oxygen atoms in total. The maximum Gasteiger partial charge on any atom is 0.410 e. The quantitative estimate of drug-likeness (QED) is 0.778. The lowest BCUT2D eigenvalue weighted by Crippen LogP contribution is -2.50. The lowest BCUT2D eigenvalue weighted by atomic mass is 10.2. The zero-order valence-electron chi connectivity index (χ0n) is 14.4. The van der Waals surface area contributed by atoms with Gasteiger partial charge in [0.1, 0.15) is 11.3 Å². The third kappa shape index (κ3) is 5.15. The van der Waals surface area contributed by atoms with Crippen LogP contribution in [0.15, 0.2) is 12.1 Å². The fraction of sp³-hybridized carbons (Fsp3) is 0.500. The number of ether oxygens (including phenoxy) is 1. The van der Waals surface area contributed by atoms with Crippen molar-refractivity contribution in [3.05, 3.63) is 23.8 Å². The molecule has 0 unspecified atom stereocenters. The van der Waals surface area contributed by atoms with Crippen LogP contribution in [-0.2, 0) is 4.74 Å². The van der Waals surface area contributed by atoms with Crippen LogP contribution >= 0.6 is 12.2 Å². The van der Waals surface area contributed by atoms with E-state index in [0.29, 0.717) is 26.2 Å². The first-order valence-electron chi connectivity index (χ1n) is 7.85. The Kier molecular flexibility index (Phi) is 5.66. The number of hydrogen-bond donors (Lipinski definition) is 2. The number of nitrogens with zero attached hydrogens (tertiary/aromatic N) is 2. The number of piperazine rings is 1. The number of anilines is 2. The van der Waals surface area contributed by atoms with Crippen molar-refractivity contribution in [2.24, 2.45) is 5.73 Å². The second kappa shape index (κ2) is 7.38. The largest absolute Gasteiger partial charge is 0.444 e. The number of amides is 1. The molecule has 1 aliphatic rings. The molecule has 1 aliphatic heterocycles. The van der Waals surface area contributed by atoms with Crippen LogP contribution < -0.4 is 16.0 Å². The number of nitrogens with two attached hydrogens (primary N) is 1. The van der Waals surface area contributed by atoms with Crippen LogP contribution in [0.4, 0.5) is 25.0 Å². The first-order valence-corrected chi connectivity index (χ1v) is 8.26. The van der Waals surface area contributed by atoms with E-state index in [0.717, 1.165) is 12.1 Å². The predicted molar refractivity (Wildman–Crippen MR) is 96.8 cm³/mol. The highest BCUT2D eigenvalue weighted by Crippen LogP contribution is 2.28. The summed E-state index contributed by atoms with van der Waals surface area (Å²) in [5.41, 5.74) is 4.75. The second-order valence-corrected chi connectivity index (χ2v) is 7.17. The normalized spacial score (nSPS) is 15.1. The van der Waals surface area contributed by atoms with Gasteiger partial charge in [0, 0.05) is 31.9 Å². The molecular weight excluding hydrogens is 350 g/mol. The standard InChI is InChI=1S/C16H22F2N4O2S/c1-16(2,3)24-15(23)22-6-4-21(5-7-22)13-11(17)8-10(9-12(13)18)20-14(19)25/h8-9H,4-7H2,1-3H3,(H3,19,20,25). The zero-order chi connectivity index (χ0) is 18.8. The Morgan fingerprint density at radius 3 is 2.16 bits per heavy atom. The number of benzene rings is 1. The van der Waals surface area contributed by atoms with Crippen LogP contribution in [0.3, 0.4) is 0 Å². The molecule has 1 fully saturated rings. The molecule has 0 radical (unpaired) electrons. The third-order valence-electron chi connectivity index (χ3n) is 3.53. The van der Waals surface area contributed by atoms with Crippen LogP contribution in [0, 0.1) is 11.6 Å². The van der Waals surface area contributed by atoms with E-state index < -0.39 is 23.3 Å². The molecule has 0 aliphatic carbocycles. The summed E-state index contributed by atoms with van der Waals surface area (Å²) in [6, 6.07) is 2.27. The van der Waals surface area contributed by atoms with Gasteiger partial charge in [0.2, 0.25) is 0 Å². The van der Waals surface area contributed by atoms with Gasteiger partial charge >= 0.3 is 6.09 Å². The number of nitrogens with one attached hydrogen (secondary N) is 1. The summed E-state index contributed by atoms with van der Waals surface area (Å²) in [6.07, 6.45) is -0.427. The van der Waals surface area contributed by atoms with Crippen molar-refractivity contribution in [3.63, 3.8) is 0 Å². The Hall–Kier alpha value is -2.16. The minimum Gasteiger partial charge on any atom is -0.444 e. The molecule has 2 rings (SSSR count). The summed E-state index contributed by atoms with van der Waals surface area (Å²) in [6.45, 7) is 6.60. The Labute approximate surface area is 150 Å². The van der Waals surface area contributed by atoms with E-state index in [4.69, 9.17) is 10.5 Å². The average Bonchev–Trinajstić information content (AvgIpc) is 2.44. The van der Waals surface area contributed by atoms with E-state index in [-0.39, 0.29) is 16.5 Å². The lowest BCUT2D eigenvalue weighted by Gasteiger charge is -2.37. The monoisotopic (exact) mass is 372 g/mol. The molecule has 0 bridgehead atoms. The highest BCUT2D eigenvalue weighted by molar-refractivity contribution is 7.80. The van der Waals surface area contributed by atoms with Crippen molar-refractivity contribution in [1.29, 1.82) is 0 Å². The van der Waals surface area contributed by atoms with Crippen molar-refractivity contribution >= 4 is 34.8 Å². The Balaban J connectivity index is 2.05. The van der Waals surface area contributed by atoms with E-state index in [1.54, 1.807) is 25.7 Å². The molecule has 1 heterocycles. The molecule has 0 atom stereocenters. The maximum absolute atomic E-state index is 14.3. The van der Waals surface area contributed by atoms with Crippen LogP contribution in [0.1, 0.15) is 20.8 Å². The SMILES string of the molecule is CC(C)(C)OC(=O)N1CCN(c2c(F)cc(NC(N)=S)cc2F)CC1. The Bertz CT molecular complexity index is 648. The van der Waals surface area contributed by atoms with Crippen LogP contribution in [0.5, 0.6) is 0 Å². The number of carbonyl (C=O) groups is 1. The van der Waals surface area contributed by atoms with Gasteiger partial charge in [-0.2, -0.15) is 0 Å². The molecule has 25 heavy (non-hydrogen) atoms. The van der Waals surface area contributed by atoms with Crippen LogP contribution in [0.25, 0.3) is 0 Å². The molecule has 3 N–H and O–H groups in total. The number of rotatable bonds is 2. The first-order chi connectivity index (χ1) is 11.6. The van der Waals surface area contributed by atoms with Crippen molar-refractivity contribution in [2.45, 2.75) is 26.4 Å². The Morgan fingerprint density at radius 2 is 1.72 bits per heavy atom. The smallest absolute Gasteiger partial charge is 0.410 e. The number of carbonyl (C=O) groups excluding carboxylic acids is 1. The van der Waals surface area contributed by atoms with Gasteiger partial charge in [-0.1, -0.05) is 0 Å². The summed E-state index contributed by atoms with van der Waals surface area (Å²) < 4.78 is 33.9. The molecular formula is C16H22F2N4O2S. The summed E-state index contributed by atoms with van der Waals surface area (Å²) >= 11 is 4.66. The van der Waals surface area contributed by atoms with Gasteiger partial charge in [-0.3, -0.25) is 0 Å². The summed E-state index contributed by atoms with van der Waals surface area (Å²) in [4.78, 5) is 15.1. The van der Waals surface area contributed by atoms with Gasteiger partial charge in [0.15, 0.2) is 16.7 Å². The lowest BCUT2D eigenvalue weighted by molar-refractivity contribution is 0.0240. The predicted octanol–water partition coefficient (Wildman–Crippen LogP) is 2.68. The van der Waals surface area contributed by atoms with E-state index in [2.05, 4.69) is 17.5 Å². The zero-order valence-corrected chi connectivity index (χ0v) is 15.3. The van der Waals surface area contributed by atoms with E-state index in [1.165, 1.54) is 4.90 Å². The van der Waals surface area contributed by atoms with Gasteiger partial charge in [-0.05, 0) is 45.1 Å². The maximum atomic E-state index is 14.3. The molecule has 9 heteroatoms. The second-order valence-electron chi connectivity index (χ2n) is 6.73. The van der Waals surface area contributed by atoms with Crippen molar-refractivity contribution < 1.29 is 18.3 Å². The molecule has 0 aromatic heterocycles. The molecule has 1 amide bonds. The molecule has 1 aromatic carbocycles. The fourth-order valence-electron chi connectivity index (χ4n) is 2.52. The van der Waals surface area contributed by atoms with Gasteiger partial charge < -0.3 is 25.6 Å². The first kappa shape index (κ1) is 19.2. The molecule has 0 saturated carbocycles. The van der Waals surface area contributed by atoms with Gasteiger partial charge in [-0.15, -0.1) is 0 Å². The van der Waals surface area contributed by atoms with Crippen LogP contribution in [0.2, 0.25) is 0 Å². The summed E-state index contributed by atoms with van der Waals surface area (Å²) in [5, 5.41) is 2.43. The van der Waals surface area contributed by atoms with E-state index in [9.17, 15) is 13.6 Å². The topological polar surface area (TPSA) is 70.8 Å². The summed E-state index contributed by atoms with van der Waals surface area (Å²) in [5.74, 6) is -1.44. The number of thiocarbonyl (C=S) groups is 1. The van der Waals surface area contributed by atoms with Crippen LogP contribution in [-0.4, -0.2) is 47.9 Å². The fourth-order valence-corrected chi connectivity index (χ4v) is 2.64. The van der Waals surface area contributed by atoms with Gasteiger partial charge in [0.25, 0.3) is 0 Å². The minimum absolute atomic E-state index is 0.0717. The molecule has 1 saturated heterocycles. The average molecular weight is 372 g/mol. The Morgan fingerprint density at radius 1 is 1.20 bits per heavy atom. The van der Waals surface area contributed by atoms with Gasteiger partial charge in [0.05, 0.1) is 0 Å². The number of hydrogen-bond acceptors (Lipinski definition) is 4. The summed E-state index contributed by atoms with van der Waals surface area (Å²) in [7, 11) is 0. The van der Waals surface area contributed by atoms with Gasteiger partial charge in [-0.25, -0.2) is 13.6 Å². The molecule has 138 valence electrons. The molecule has 1 aromatic rings. The van der Waals surface area contributed by atoms with E-state index in [1.807, 2.05) is 0 Å². The highest BCUT2D eigenvalue weighted by atomic mass is 32.1. The molecule has 0 spiro atoms. The third-order valence-corrected chi connectivity index (χ3v) is 3.63. The minimum atomic E-state index is -0.718. The highest BCUT2D eigenvalue weighted by Gasteiger charge is 2.28.